The van der Waals surface area contributed by atoms with E-state index < -0.39 is 0 Å². The molecule has 0 saturated carbocycles. The van der Waals surface area contributed by atoms with Gasteiger partial charge in [-0.05, 0) is 36.1 Å². The van der Waals surface area contributed by atoms with Crippen LogP contribution < -0.4 is 5.32 Å². The summed E-state index contributed by atoms with van der Waals surface area (Å²) < 4.78 is 7.28. The number of amides is 1. The Morgan fingerprint density at radius 3 is 2.83 bits per heavy atom. The van der Waals surface area contributed by atoms with Crippen molar-refractivity contribution in [3.63, 3.8) is 0 Å². The van der Waals surface area contributed by atoms with Crippen LogP contribution in [0.3, 0.4) is 0 Å². The number of fused-ring (bicyclic) bond motifs is 1. The number of furan rings is 1. The summed E-state index contributed by atoms with van der Waals surface area (Å²) in [6.07, 6.45) is 5.36. The van der Waals surface area contributed by atoms with Gasteiger partial charge in [-0.1, -0.05) is 13.8 Å². The number of carbonyl (C=O) groups is 1. The van der Waals surface area contributed by atoms with Crippen LogP contribution in [-0.4, -0.2) is 15.7 Å². The van der Waals surface area contributed by atoms with E-state index in [9.17, 15) is 4.79 Å². The van der Waals surface area contributed by atoms with Crippen LogP contribution in [0.15, 0.2) is 35.2 Å². The van der Waals surface area contributed by atoms with E-state index in [4.69, 9.17) is 4.42 Å². The van der Waals surface area contributed by atoms with Gasteiger partial charge in [0.1, 0.15) is 5.58 Å². The second kappa shape index (κ2) is 5.91. The van der Waals surface area contributed by atoms with Crippen molar-refractivity contribution in [1.82, 2.24) is 9.78 Å². The maximum atomic E-state index is 12.2. The summed E-state index contributed by atoms with van der Waals surface area (Å²) in [5.41, 5.74) is 4.93. The number of nitrogens with one attached hydrogen (secondary N) is 1. The summed E-state index contributed by atoms with van der Waals surface area (Å²) in [6, 6.07) is 4.19. The van der Waals surface area contributed by atoms with E-state index in [0.717, 1.165) is 16.5 Å². The molecule has 0 spiro atoms. The quantitative estimate of drug-likeness (QED) is 0.797. The summed E-state index contributed by atoms with van der Waals surface area (Å²) in [7, 11) is 1.81. The van der Waals surface area contributed by atoms with Crippen LogP contribution in [0.1, 0.15) is 36.5 Å². The molecule has 5 nitrogen and oxygen atoms in total. The molecular formula is C18H21N3O2. The highest BCUT2D eigenvalue weighted by molar-refractivity contribution is 5.95. The number of aryl methyl sites for hydroxylation is 2. The lowest BCUT2D eigenvalue weighted by Gasteiger charge is -2.10. The first-order chi connectivity index (χ1) is 10.9. The van der Waals surface area contributed by atoms with Gasteiger partial charge in [0, 0.05) is 24.2 Å². The monoisotopic (exact) mass is 311 g/mol. The number of hydrogen-bond donors (Lipinski definition) is 1. The van der Waals surface area contributed by atoms with Crippen molar-refractivity contribution in [3.8, 4) is 0 Å². The maximum Gasteiger partial charge on any atom is 0.229 e. The average Bonchev–Trinajstić information content (AvgIpc) is 3.04. The highest BCUT2D eigenvalue weighted by Gasteiger charge is 2.14. The Kier molecular flexibility index (Phi) is 3.94. The lowest BCUT2D eigenvalue weighted by molar-refractivity contribution is -0.115. The van der Waals surface area contributed by atoms with Gasteiger partial charge in [-0.2, -0.15) is 5.10 Å². The molecule has 0 aliphatic rings. The van der Waals surface area contributed by atoms with E-state index in [2.05, 4.69) is 37.3 Å². The number of carbonyl (C=O) groups excluding carboxylic acids is 1. The zero-order valence-corrected chi connectivity index (χ0v) is 13.9. The van der Waals surface area contributed by atoms with E-state index in [1.807, 2.05) is 13.1 Å². The van der Waals surface area contributed by atoms with E-state index in [1.54, 1.807) is 23.3 Å². The Bertz CT molecular complexity index is 858. The summed E-state index contributed by atoms with van der Waals surface area (Å²) in [5, 5.41) is 7.91. The van der Waals surface area contributed by atoms with Crippen LogP contribution in [0.2, 0.25) is 0 Å². The molecule has 0 aliphatic heterocycles. The molecular weight excluding hydrogens is 290 g/mol. The van der Waals surface area contributed by atoms with Gasteiger partial charge in [-0.25, -0.2) is 0 Å². The number of rotatable bonds is 4. The Morgan fingerprint density at radius 2 is 2.17 bits per heavy atom. The van der Waals surface area contributed by atoms with Crippen molar-refractivity contribution in [2.45, 2.75) is 33.1 Å². The largest absolute Gasteiger partial charge is 0.464 e. The van der Waals surface area contributed by atoms with Crippen LogP contribution in [0, 0.1) is 6.92 Å². The van der Waals surface area contributed by atoms with Gasteiger partial charge >= 0.3 is 0 Å². The van der Waals surface area contributed by atoms with Crippen molar-refractivity contribution >= 4 is 22.6 Å². The Labute approximate surface area is 135 Å². The molecule has 3 rings (SSSR count). The molecule has 2 aromatic heterocycles. The first kappa shape index (κ1) is 15.3. The first-order valence-electron chi connectivity index (χ1n) is 7.73. The average molecular weight is 311 g/mol. The normalized spacial score (nSPS) is 11.3. The smallest absolute Gasteiger partial charge is 0.229 e. The van der Waals surface area contributed by atoms with Crippen LogP contribution in [0.5, 0.6) is 0 Å². The molecule has 2 heterocycles. The number of aromatic nitrogens is 2. The van der Waals surface area contributed by atoms with Crippen LogP contribution in [0.25, 0.3) is 11.0 Å². The molecule has 0 atom stereocenters. The minimum Gasteiger partial charge on any atom is -0.464 e. The minimum atomic E-state index is -0.0765. The Hall–Kier alpha value is -2.56. The van der Waals surface area contributed by atoms with Gasteiger partial charge in [0.2, 0.25) is 5.91 Å². The molecule has 3 aromatic rings. The fourth-order valence-electron chi connectivity index (χ4n) is 2.87. The standard InChI is InChI=1S/C18H21N3O2/c1-11(2)15-7-16-13(10-23-17(16)5-12(15)3)6-18(22)20-14-8-19-21(4)9-14/h5,7-11H,6H2,1-4H3,(H,20,22). The van der Waals surface area contributed by atoms with E-state index in [1.165, 1.54) is 11.1 Å². The minimum absolute atomic E-state index is 0.0765. The van der Waals surface area contributed by atoms with E-state index in [-0.39, 0.29) is 12.3 Å². The van der Waals surface area contributed by atoms with Crippen LogP contribution in [-0.2, 0) is 18.3 Å². The second-order valence-corrected chi connectivity index (χ2v) is 6.25. The molecule has 5 heteroatoms. The van der Waals surface area contributed by atoms with Gasteiger partial charge in [0.05, 0.1) is 24.6 Å². The lowest BCUT2D eigenvalue weighted by atomic mass is 9.95. The Balaban J connectivity index is 1.85. The third-order valence-electron chi connectivity index (χ3n) is 4.00. The molecule has 0 fully saturated rings. The van der Waals surface area contributed by atoms with Crippen molar-refractivity contribution in [2.24, 2.45) is 7.05 Å². The molecule has 1 amide bonds. The topological polar surface area (TPSA) is 60.1 Å². The van der Waals surface area contributed by atoms with Gasteiger partial charge in [-0.3, -0.25) is 9.48 Å². The van der Waals surface area contributed by atoms with E-state index >= 15 is 0 Å². The lowest BCUT2D eigenvalue weighted by Crippen LogP contribution is -2.13. The fraction of sp³-hybridized carbons (Fsp3) is 0.333. The molecule has 23 heavy (non-hydrogen) atoms. The molecule has 0 bridgehead atoms. The third kappa shape index (κ3) is 3.13. The third-order valence-corrected chi connectivity index (χ3v) is 4.00. The van der Waals surface area contributed by atoms with Gasteiger partial charge in [-0.15, -0.1) is 0 Å². The molecule has 120 valence electrons. The number of anilines is 1. The van der Waals surface area contributed by atoms with Crippen LogP contribution in [0.4, 0.5) is 5.69 Å². The number of nitrogens with zero attached hydrogens (tertiary/aromatic N) is 2. The molecule has 1 N–H and O–H groups in total. The molecule has 0 radical (unpaired) electrons. The van der Waals surface area contributed by atoms with Crippen LogP contribution >= 0.6 is 0 Å². The zero-order chi connectivity index (χ0) is 16.6. The summed E-state index contributed by atoms with van der Waals surface area (Å²) in [4.78, 5) is 12.2. The van der Waals surface area contributed by atoms with E-state index in [0.29, 0.717) is 11.6 Å². The maximum absolute atomic E-state index is 12.2. The molecule has 0 unspecified atom stereocenters. The fourth-order valence-corrected chi connectivity index (χ4v) is 2.87. The highest BCUT2D eigenvalue weighted by atomic mass is 16.3. The van der Waals surface area contributed by atoms with Crippen molar-refractivity contribution in [3.05, 3.63) is 47.5 Å². The summed E-state index contributed by atoms with van der Waals surface area (Å²) >= 11 is 0. The van der Waals surface area contributed by atoms with Gasteiger partial charge in [0.15, 0.2) is 0 Å². The van der Waals surface area contributed by atoms with Crippen molar-refractivity contribution in [1.29, 1.82) is 0 Å². The number of benzene rings is 1. The second-order valence-electron chi connectivity index (χ2n) is 6.25. The van der Waals surface area contributed by atoms with Crippen molar-refractivity contribution < 1.29 is 9.21 Å². The predicted molar refractivity (Wildman–Crippen MR) is 90.6 cm³/mol. The van der Waals surface area contributed by atoms with Gasteiger partial charge < -0.3 is 9.73 Å². The highest BCUT2D eigenvalue weighted by Crippen LogP contribution is 2.29. The molecule has 0 saturated heterocycles. The zero-order valence-electron chi connectivity index (χ0n) is 13.9. The summed E-state index contributed by atoms with van der Waals surface area (Å²) in [6.45, 7) is 6.43. The predicted octanol–water partition coefficient (Wildman–Crippen LogP) is 3.78. The molecule has 0 aliphatic carbocycles. The Morgan fingerprint density at radius 1 is 1.39 bits per heavy atom. The van der Waals surface area contributed by atoms with Crippen molar-refractivity contribution in [2.75, 3.05) is 5.32 Å². The summed E-state index contributed by atoms with van der Waals surface area (Å²) in [5.74, 6) is 0.360. The molecule has 1 aromatic carbocycles. The van der Waals surface area contributed by atoms with Gasteiger partial charge in [0.25, 0.3) is 0 Å². The first-order valence-corrected chi connectivity index (χ1v) is 7.73. The SMILES string of the molecule is Cc1cc2occ(CC(=O)Nc3cnn(C)c3)c2cc1C(C)C. The number of hydrogen-bond acceptors (Lipinski definition) is 3.